The molecule has 0 heterocycles. The molecule has 108 valence electrons. The minimum absolute atomic E-state index is 0.0345. The summed E-state index contributed by atoms with van der Waals surface area (Å²) in [5.41, 5.74) is 4.34. The molecule has 6 nitrogen and oxygen atoms in total. The maximum Gasteiger partial charge on any atom is 0.335 e. The molecule has 0 atom stereocenters. The molecule has 0 aliphatic rings. The topological polar surface area (TPSA) is 91.2 Å². The van der Waals surface area contributed by atoms with Gasteiger partial charge in [-0.25, -0.2) is 4.79 Å². The fourth-order valence-corrected chi connectivity index (χ4v) is 1.66. The molecule has 0 aliphatic heterocycles. The number of hydrogen-bond donors (Lipinski definition) is 3. The number of carboxylic acids is 1. The molecule has 0 saturated heterocycles. The normalized spacial score (nSPS) is 10.5. The van der Waals surface area contributed by atoms with E-state index in [9.17, 15) is 9.90 Å². The lowest BCUT2D eigenvalue weighted by atomic mass is 10.2. The summed E-state index contributed by atoms with van der Waals surface area (Å²) in [4.78, 5) is 10.7. The highest BCUT2D eigenvalue weighted by Gasteiger charge is 2.02. The molecule has 0 saturated carbocycles. The lowest BCUT2D eigenvalue weighted by molar-refractivity contribution is 0.0697. The Labute approximate surface area is 121 Å². The number of nitrogens with one attached hydrogen (secondary N) is 1. The Bertz CT molecular complexity index is 666. The Kier molecular flexibility index (Phi) is 4.40. The van der Waals surface area contributed by atoms with E-state index in [1.54, 1.807) is 24.3 Å². The third kappa shape index (κ3) is 3.73. The van der Waals surface area contributed by atoms with E-state index in [1.165, 1.54) is 31.5 Å². The van der Waals surface area contributed by atoms with Crippen LogP contribution < -0.4 is 10.2 Å². The average molecular weight is 286 g/mol. The number of carboxylic acid groups (broad SMARTS) is 1. The number of ether oxygens (including phenoxy) is 1. The first-order chi connectivity index (χ1) is 10.1. The largest absolute Gasteiger partial charge is 0.504 e. The van der Waals surface area contributed by atoms with Gasteiger partial charge in [0.25, 0.3) is 0 Å². The van der Waals surface area contributed by atoms with E-state index in [0.29, 0.717) is 17.0 Å². The Morgan fingerprint density at radius 3 is 2.52 bits per heavy atom. The molecule has 0 aliphatic carbocycles. The zero-order valence-electron chi connectivity index (χ0n) is 11.3. The standard InChI is InChI=1S/C15H14N2O4/c1-21-14-7-2-10(8-13(14)18)9-16-17-12-5-3-11(4-6-12)15(19)20/h2-9,17-18H,1H3,(H,19,20). The molecule has 0 aromatic heterocycles. The van der Waals surface area contributed by atoms with Gasteiger partial charge in [-0.2, -0.15) is 5.10 Å². The third-order valence-corrected chi connectivity index (χ3v) is 2.74. The summed E-state index contributed by atoms with van der Waals surface area (Å²) in [6, 6.07) is 11.1. The molecule has 0 spiro atoms. The lowest BCUT2D eigenvalue weighted by Gasteiger charge is -2.03. The van der Waals surface area contributed by atoms with Crippen LogP contribution in [0.5, 0.6) is 11.5 Å². The Hall–Kier alpha value is -3.02. The van der Waals surface area contributed by atoms with E-state index >= 15 is 0 Å². The van der Waals surface area contributed by atoms with Crippen LogP contribution in [0.15, 0.2) is 47.6 Å². The second-order valence-electron chi connectivity index (χ2n) is 4.18. The SMILES string of the molecule is COc1ccc(C=NNc2ccc(C(=O)O)cc2)cc1O. The summed E-state index contributed by atoms with van der Waals surface area (Å²) in [6.45, 7) is 0. The zero-order valence-corrected chi connectivity index (χ0v) is 11.3. The van der Waals surface area contributed by atoms with Gasteiger partial charge in [0, 0.05) is 0 Å². The van der Waals surface area contributed by atoms with Crippen LogP contribution in [-0.4, -0.2) is 29.5 Å². The second kappa shape index (κ2) is 6.42. The first kappa shape index (κ1) is 14.4. The van der Waals surface area contributed by atoms with Crippen LogP contribution in [0.3, 0.4) is 0 Å². The lowest BCUT2D eigenvalue weighted by Crippen LogP contribution is -1.96. The number of aromatic hydroxyl groups is 1. The van der Waals surface area contributed by atoms with Gasteiger partial charge in [-0.1, -0.05) is 0 Å². The minimum Gasteiger partial charge on any atom is -0.504 e. The summed E-state index contributed by atoms with van der Waals surface area (Å²) in [7, 11) is 1.48. The average Bonchev–Trinajstić information content (AvgIpc) is 2.48. The molecule has 0 unspecified atom stereocenters. The summed E-state index contributed by atoms with van der Waals surface area (Å²) in [5, 5.41) is 22.4. The van der Waals surface area contributed by atoms with Crippen LogP contribution in [0.25, 0.3) is 0 Å². The maximum atomic E-state index is 10.7. The maximum absolute atomic E-state index is 10.7. The number of methoxy groups -OCH3 is 1. The second-order valence-corrected chi connectivity index (χ2v) is 4.18. The molecule has 0 amide bonds. The molecular formula is C15H14N2O4. The van der Waals surface area contributed by atoms with E-state index in [1.807, 2.05) is 0 Å². The quantitative estimate of drug-likeness (QED) is 0.580. The number of aromatic carboxylic acids is 1. The van der Waals surface area contributed by atoms with Gasteiger partial charge in [0.05, 0.1) is 24.6 Å². The highest BCUT2D eigenvalue weighted by atomic mass is 16.5. The van der Waals surface area contributed by atoms with Gasteiger partial charge in [-0.05, 0) is 48.0 Å². The number of benzene rings is 2. The van der Waals surface area contributed by atoms with Crippen LogP contribution in [0, 0.1) is 0 Å². The first-order valence-corrected chi connectivity index (χ1v) is 6.09. The number of carbonyl (C=O) groups is 1. The summed E-state index contributed by atoms with van der Waals surface area (Å²) in [6.07, 6.45) is 1.53. The van der Waals surface area contributed by atoms with Crippen molar-refractivity contribution in [3.63, 3.8) is 0 Å². The van der Waals surface area contributed by atoms with Gasteiger partial charge in [0.1, 0.15) is 0 Å². The monoisotopic (exact) mass is 286 g/mol. The smallest absolute Gasteiger partial charge is 0.335 e. The van der Waals surface area contributed by atoms with Gasteiger partial charge in [-0.3, -0.25) is 5.43 Å². The number of hydrazone groups is 1. The fraction of sp³-hybridized carbons (Fsp3) is 0.0667. The molecule has 0 fully saturated rings. The minimum atomic E-state index is -0.973. The Morgan fingerprint density at radius 1 is 1.24 bits per heavy atom. The van der Waals surface area contributed by atoms with E-state index in [-0.39, 0.29) is 11.3 Å². The van der Waals surface area contributed by atoms with Crippen molar-refractivity contribution in [1.29, 1.82) is 0 Å². The number of anilines is 1. The molecule has 2 aromatic rings. The van der Waals surface area contributed by atoms with Gasteiger partial charge in [0.2, 0.25) is 0 Å². The molecule has 6 heteroatoms. The van der Waals surface area contributed by atoms with Crippen molar-refractivity contribution in [2.75, 3.05) is 12.5 Å². The van der Waals surface area contributed by atoms with Crippen LogP contribution in [0.4, 0.5) is 5.69 Å². The van der Waals surface area contributed by atoms with Crippen molar-refractivity contribution in [3.05, 3.63) is 53.6 Å². The molecule has 0 radical (unpaired) electrons. The number of phenolic OH excluding ortho intramolecular Hbond substituents is 1. The highest BCUT2D eigenvalue weighted by Crippen LogP contribution is 2.25. The number of hydrogen-bond acceptors (Lipinski definition) is 5. The molecule has 21 heavy (non-hydrogen) atoms. The van der Waals surface area contributed by atoms with E-state index in [4.69, 9.17) is 9.84 Å². The highest BCUT2D eigenvalue weighted by molar-refractivity contribution is 5.88. The number of phenols is 1. The third-order valence-electron chi connectivity index (χ3n) is 2.74. The molecule has 3 N–H and O–H groups in total. The van der Waals surface area contributed by atoms with Gasteiger partial charge >= 0.3 is 5.97 Å². The summed E-state index contributed by atoms with van der Waals surface area (Å²) < 4.78 is 4.95. The van der Waals surface area contributed by atoms with Gasteiger partial charge < -0.3 is 14.9 Å². The van der Waals surface area contributed by atoms with Crippen LogP contribution >= 0.6 is 0 Å². The summed E-state index contributed by atoms with van der Waals surface area (Å²) in [5.74, 6) is -0.546. The van der Waals surface area contributed by atoms with E-state index < -0.39 is 5.97 Å². The van der Waals surface area contributed by atoms with Crippen molar-refractivity contribution >= 4 is 17.9 Å². The molecule has 2 rings (SSSR count). The first-order valence-electron chi connectivity index (χ1n) is 6.09. The predicted molar refractivity (Wildman–Crippen MR) is 79.3 cm³/mol. The van der Waals surface area contributed by atoms with Crippen molar-refractivity contribution in [1.82, 2.24) is 0 Å². The van der Waals surface area contributed by atoms with Crippen LogP contribution in [0.1, 0.15) is 15.9 Å². The number of nitrogens with zero attached hydrogens (tertiary/aromatic N) is 1. The van der Waals surface area contributed by atoms with Gasteiger partial charge in [-0.15, -0.1) is 0 Å². The van der Waals surface area contributed by atoms with Crippen molar-refractivity contribution < 1.29 is 19.7 Å². The number of rotatable bonds is 5. The van der Waals surface area contributed by atoms with Crippen molar-refractivity contribution in [2.45, 2.75) is 0 Å². The Balaban J connectivity index is 2.01. The summed E-state index contributed by atoms with van der Waals surface area (Å²) >= 11 is 0. The fourth-order valence-electron chi connectivity index (χ4n) is 1.66. The zero-order chi connectivity index (χ0) is 15.2. The van der Waals surface area contributed by atoms with E-state index in [2.05, 4.69) is 10.5 Å². The van der Waals surface area contributed by atoms with Gasteiger partial charge in [0.15, 0.2) is 11.5 Å². The Morgan fingerprint density at radius 2 is 1.95 bits per heavy atom. The van der Waals surface area contributed by atoms with Crippen LogP contribution in [0.2, 0.25) is 0 Å². The molecule has 0 bridgehead atoms. The van der Waals surface area contributed by atoms with Crippen molar-refractivity contribution in [2.24, 2.45) is 5.10 Å². The van der Waals surface area contributed by atoms with Crippen LogP contribution in [-0.2, 0) is 0 Å². The van der Waals surface area contributed by atoms with Crippen molar-refractivity contribution in [3.8, 4) is 11.5 Å². The molecule has 2 aromatic carbocycles. The van der Waals surface area contributed by atoms with E-state index in [0.717, 1.165) is 0 Å². The predicted octanol–water partition coefficient (Wildman–Crippen LogP) is 2.55. The molecular weight excluding hydrogens is 272 g/mol.